The van der Waals surface area contributed by atoms with Crippen molar-refractivity contribution in [1.82, 2.24) is 15.3 Å². The maximum atomic E-state index is 12.8. The summed E-state index contributed by atoms with van der Waals surface area (Å²) in [5.41, 5.74) is 2.24. The zero-order chi connectivity index (χ0) is 21.8. The Hall–Kier alpha value is -3.36. The van der Waals surface area contributed by atoms with Crippen LogP contribution in [0.4, 0.5) is 5.69 Å². The van der Waals surface area contributed by atoms with Crippen LogP contribution in [0.3, 0.4) is 0 Å². The quantitative estimate of drug-likeness (QED) is 0.392. The fraction of sp³-hybridized carbons (Fsp3) is 0.0909. The van der Waals surface area contributed by atoms with E-state index in [9.17, 15) is 13.2 Å². The Morgan fingerprint density at radius 2 is 1.84 bits per heavy atom. The molecule has 158 valence electrons. The number of aromatic nitrogens is 2. The van der Waals surface area contributed by atoms with Gasteiger partial charge in [-0.15, -0.1) is 0 Å². The molecule has 3 N–H and O–H groups in total. The predicted octanol–water partition coefficient (Wildman–Crippen LogP) is 3.99. The number of fused-ring (bicyclic) bond motifs is 1. The van der Waals surface area contributed by atoms with Gasteiger partial charge < -0.3 is 10.3 Å². The van der Waals surface area contributed by atoms with E-state index >= 15 is 0 Å². The van der Waals surface area contributed by atoms with Gasteiger partial charge in [-0.05, 0) is 42.5 Å². The molecular weight excluding hydrogens is 436 g/mol. The van der Waals surface area contributed by atoms with Crippen LogP contribution in [0.1, 0.15) is 16.1 Å². The first-order chi connectivity index (χ1) is 14.9. The van der Waals surface area contributed by atoms with Gasteiger partial charge in [0.25, 0.3) is 15.9 Å². The third-order valence-electron chi connectivity index (χ3n) is 4.73. The van der Waals surface area contributed by atoms with Gasteiger partial charge in [-0.1, -0.05) is 29.8 Å². The molecule has 4 aromatic rings. The zero-order valence-corrected chi connectivity index (χ0v) is 17.9. The molecular formula is C22H19ClN4O3S. The second-order valence-corrected chi connectivity index (χ2v) is 8.91. The van der Waals surface area contributed by atoms with Gasteiger partial charge in [0.05, 0.1) is 21.1 Å². The molecule has 2 aromatic carbocycles. The Morgan fingerprint density at radius 1 is 1.03 bits per heavy atom. The molecule has 0 aliphatic rings. The fourth-order valence-corrected chi connectivity index (χ4v) is 4.43. The van der Waals surface area contributed by atoms with Crippen LogP contribution in [0, 0.1) is 0 Å². The summed E-state index contributed by atoms with van der Waals surface area (Å²) in [6.45, 7) is 0.431. The van der Waals surface area contributed by atoms with E-state index in [0.29, 0.717) is 34.8 Å². The van der Waals surface area contributed by atoms with Crippen molar-refractivity contribution in [3.8, 4) is 0 Å². The molecule has 2 aromatic heterocycles. The number of hydrogen-bond acceptors (Lipinski definition) is 4. The molecule has 0 radical (unpaired) electrons. The number of para-hydroxylation sites is 1. The standard InChI is InChI=1S/C22H19ClN4O3S/c23-19-14-26-21-18(19)5-3-6-20(21)27-31(29,30)17-9-7-15(8-10-17)22(28)25-13-11-16-4-1-2-12-24-16/h1-10,12,14,26-27H,11,13H2,(H,25,28). The number of rotatable bonds is 7. The van der Waals surface area contributed by atoms with Gasteiger partial charge >= 0.3 is 0 Å². The normalized spacial score (nSPS) is 11.4. The second-order valence-electron chi connectivity index (χ2n) is 6.82. The minimum Gasteiger partial charge on any atom is -0.358 e. The summed E-state index contributed by atoms with van der Waals surface area (Å²) in [5, 5.41) is 4.04. The van der Waals surface area contributed by atoms with Crippen molar-refractivity contribution in [3.05, 3.63) is 89.3 Å². The van der Waals surface area contributed by atoms with Crippen molar-refractivity contribution in [2.24, 2.45) is 0 Å². The van der Waals surface area contributed by atoms with Crippen molar-refractivity contribution in [2.75, 3.05) is 11.3 Å². The van der Waals surface area contributed by atoms with E-state index in [1.54, 1.807) is 30.6 Å². The molecule has 0 saturated carbocycles. The van der Waals surface area contributed by atoms with E-state index in [1.165, 1.54) is 24.3 Å². The number of anilines is 1. The lowest BCUT2D eigenvalue weighted by atomic mass is 10.2. The number of hydrogen-bond donors (Lipinski definition) is 3. The first-order valence-electron chi connectivity index (χ1n) is 9.51. The van der Waals surface area contributed by atoms with Gasteiger partial charge in [0.15, 0.2) is 0 Å². The maximum Gasteiger partial charge on any atom is 0.261 e. The lowest BCUT2D eigenvalue weighted by Crippen LogP contribution is -2.26. The molecule has 2 heterocycles. The molecule has 0 fully saturated rings. The summed E-state index contributed by atoms with van der Waals surface area (Å²) < 4.78 is 28.2. The number of carbonyl (C=O) groups is 1. The monoisotopic (exact) mass is 454 g/mol. The Kier molecular flexibility index (Phi) is 5.92. The van der Waals surface area contributed by atoms with Gasteiger partial charge in [-0.2, -0.15) is 0 Å². The van der Waals surface area contributed by atoms with Crippen LogP contribution in [0.25, 0.3) is 10.9 Å². The van der Waals surface area contributed by atoms with Crippen LogP contribution in [-0.4, -0.2) is 30.8 Å². The summed E-state index contributed by atoms with van der Waals surface area (Å²) in [6.07, 6.45) is 3.91. The number of nitrogens with zero attached hydrogens (tertiary/aromatic N) is 1. The van der Waals surface area contributed by atoms with E-state index in [1.807, 2.05) is 18.2 Å². The molecule has 31 heavy (non-hydrogen) atoms. The first-order valence-corrected chi connectivity index (χ1v) is 11.4. The first kappa shape index (κ1) is 20.9. The van der Waals surface area contributed by atoms with Crippen LogP contribution in [0.2, 0.25) is 5.02 Å². The number of amides is 1. The largest absolute Gasteiger partial charge is 0.358 e. The van der Waals surface area contributed by atoms with Gasteiger partial charge in [-0.25, -0.2) is 8.42 Å². The zero-order valence-electron chi connectivity index (χ0n) is 16.3. The number of benzene rings is 2. The lowest BCUT2D eigenvalue weighted by molar-refractivity contribution is 0.0954. The summed E-state index contributed by atoms with van der Waals surface area (Å²) in [5.74, 6) is -0.279. The van der Waals surface area contributed by atoms with Crippen molar-refractivity contribution in [1.29, 1.82) is 0 Å². The van der Waals surface area contributed by atoms with Crippen molar-refractivity contribution < 1.29 is 13.2 Å². The fourth-order valence-electron chi connectivity index (χ4n) is 3.15. The predicted molar refractivity (Wildman–Crippen MR) is 121 cm³/mol. The minimum absolute atomic E-state index is 0.0483. The van der Waals surface area contributed by atoms with E-state index < -0.39 is 10.0 Å². The SMILES string of the molecule is O=C(NCCc1ccccn1)c1ccc(S(=O)(=O)Nc2cccc3c(Cl)c[nH]c23)cc1. The van der Waals surface area contributed by atoms with Crippen LogP contribution in [0.15, 0.2) is 78.0 Å². The Labute approximate surface area is 184 Å². The van der Waals surface area contributed by atoms with Gasteiger partial charge in [0, 0.05) is 42.0 Å². The molecule has 0 atom stereocenters. The molecule has 0 aliphatic carbocycles. The van der Waals surface area contributed by atoms with E-state index in [0.717, 1.165) is 11.1 Å². The highest BCUT2D eigenvalue weighted by molar-refractivity contribution is 7.92. The molecule has 7 nitrogen and oxygen atoms in total. The lowest BCUT2D eigenvalue weighted by Gasteiger charge is -2.10. The highest BCUT2D eigenvalue weighted by Crippen LogP contribution is 2.29. The van der Waals surface area contributed by atoms with Crippen LogP contribution >= 0.6 is 11.6 Å². The number of nitrogens with one attached hydrogen (secondary N) is 3. The average molecular weight is 455 g/mol. The molecule has 9 heteroatoms. The number of sulfonamides is 1. The second kappa shape index (κ2) is 8.79. The Morgan fingerprint density at radius 3 is 2.58 bits per heavy atom. The number of aromatic amines is 1. The van der Waals surface area contributed by atoms with E-state index in [4.69, 9.17) is 11.6 Å². The van der Waals surface area contributed by atoms with Gasteiger partial charge in [0.2, 0.25) is 0 Å². The average Bonchev–Trinajstić information content (AvgIpc) is 3.16. The topological polar surface area (TPSA) is 104 Å². The summed E-state index contributed by atoms with van der Waals surface area (Å²) in [4.78, 5) is 19.5. The highest BCUT2D eigenvalue weighted by atomic mass is 35.5. The number of H-pyrrole nitrogens is 1. The van der Waals surface area contributed by atoms with Crippen molar-refractivity contribution >= 4 is 44.1 Å². The van der Waals surface area contributed by atoms with Crippen LogP contribution in [-0.2, 0) is 16.4 Å². The molecule has 0 bridgehead atoms. The summed E-state index contributed by atoms with van der Waals surface area (Å²) >= 11 is 6.10. The van der Waals surface area contributed by atoms with E-state index in [2.05, 4.69) is 20.0 Å². The van der Waals surface area contributed by atoms with Gasteiger partial charge in [0.1, 0.15) is 0 Å². The van der Waals surface area contributed by atoms with Crippen LogP contribution in [0.5, 0.6) is 0 Å². The summed E-state index contributed by atoms with van der Waals surface area (Å²) in [6, 6.07) is 16.5. The van der Waals surface area contributed by atoms with Crippen LogP contribution < -0.4 is 10.0 Å². The van der Waals surface area contributed by atoms with Gasteiger partial charge in [-0.3, -0.25) is 14.5 Å². The number of halogens is 1. The summed E-state index contributed by atoms with van der Waals surface area (Å²) in [7, 11) is -3.84. The number of carbonyl (C=O) groups excluding carboxylic acids is 1. The number of pyridine rings is 1. The Bertz CT molecular complexity index is 1320. The van der Waals surface area contributed by atoms with E-state index in [-0.39, 0.29) is 10.8 Å². The molecule has 4 rings (SSSR count). The molecule has 0 spiro atoms. The smallest absolute Gasteiger partial charge is 0.261 e. The Balaban J connectivity index is 1.43. The molecule has 0 aliphatic heterocycles. The van der Waals surface area contributed by atoms with Crippen molar-refractivity contribution in [3.63, 3.8) is 0 Å². The highest BCUT2D eigenvalue weighted by Gasteiger charge is 2.17. The van der Waals surface area contributed by atoms with Crippen molar-refractivity contribution in [2.45, 2.75) is 11.3 Å². The molecule has 1 amide bonds. The molecule has 0 unspecified atom stereocenters. The third-order valence-corrected chi connectivity index (χ3v) is 6.42. The minimum atomic E-state index is -3.84. The molecule has 0 saturated heterocycles. The third kappa shape index (κ3) is 4.70. The maximum absolute atomic E-state index is 12.8.